The molecule has 3 aromatic rings. The van der Waals surface area contributed by atoms with Gasteiger partial charge in [0.25, 0.3) is 0 Å². The number of benzene rings is 2. The molecule has 0 bridgehead atoms. The van der Waals surface area contributed by atoms with Crippen molar-refractivity contribution in [3.63, 3.8) is 0 Å². The quantitative estimate of drug-likeness (QED) is 0.739. The van der Waals surface area contributed by atoms with E-state index in [1.807, 2.05) is 12.1 Å². The van der Waals surface area contributed by atoms with E-state index >= 15 is 0 Å². The number of halogens is 1. The molecule has 0 aliphatic rings. The fourth-order valence-corrected chi connectivity index (χ4v) is 2.31. The first-order valence-electron chi connectivity index (χ1n) is 6.52. The number of aryl methyl sites for hydroxylation is 3. The number of oxazole rings is 1. The van der Waals surface area contributed by atoms with Gasteiger partial charge in [-0.1, -0.05) is 24.3 Å². The Morgan fingerprint density at radius 3 is 2.80 bits per heavy atom. The molecule has 20 heavy (non-hydrogen) atoms. The maximum absolute atomic E-state index is 13.2. The van der Waals surface area contributed by atoms with Gasteiger partial charge in [-0.2, -0.15) is 0 Å². The minimum atomic E-state index is -0.395. The van der Waals surface area contributed by atoms with Crippen LogP contribution in [0, 0.1) is 12.7 Å². The summed E-state index contributed by atoms with van der Waals surface area (Å²) < 4.78 is 18.9. The average Bonchev–Trinajstić information content (AvgIpc) is 2.81. The minimum absolute atomic E-state index is 0.287. The van der Waals surface area contributed by atoms with Gasteiger partial charge >= 0.3 is 0 Å². The molecule has 0 spiro atoms. The Hall–Kier alpha value is -2.36. The van der Waals surface area contributed by atoms with Crippen molar-refractivity contribution >= 4 is 16.8 Å². The van der Waals surface area contributed by atoms with Gasteiger partial charge in [0.1, 0.15) is 11.3 Å². The lowest BCUT2D eigenvalue weighted by Crippen LogP contribution is -1.93. The highest BCUT2D eigenvalue weighted by molar-refractivity contribution is 5.84. The van der Waals surface area contributed by atoms with E-state index in [4.69, 9.17) is 10.2 Å². The van der Waals surface area contributed by atoms with Crippen LogP contribution < -0.4 is 5.73 Å². The summed E-state index contributed by atoms with van der Waals surface area (Å²) in [5.74, 6) is 0.189. The monoisotopic (exact) mass is 270 g/mol. The van der Waals surface area contributed by atoms with Gasteiger partial charge in [-0.05, 0) is 24.5 Å². The summed E-state index contributed by atoms with van der Waals surface area (Å²) >= 11 is 0. The third-order valence-corrected chi connectivity index (χ3v) is 3.40. The lowest BCUT2D eigenvalue weighted by Gasteiger charge is -2.02. The second-order valence-electron chi connectivity index (χ2n) is 4.88. The zero-order chi connectivity index (χ0) is 14.1. The van der Waals surface area contributed by atoms with Crippen molar-refractivity contribution in [3.8, 4) is 0 Å². The van der Waals surface area contributed by atoms with Crippen LogP contribution in [0.25, 0.3) is 11.1 Å². The van der Waals surface area contributed by atoms with Crippen molar-refractivity contribution in [2.45, 2.75) is 19.8 Å². The van der Waals surface area contributed by atoms with Crippen LogP contribution in [0.5, 0.6) is 0 Å². The van der Waals surface area contributed by atoms with Crippen LogP contribution in [-0.4, -0.2) is 4.98 Å². The molecule has 0 saturated carbocycles. The van der Waals surface area contributed by atoms with Crippen LogP contribution in [0.4, 0.5) is 10.1 Å². The van der Waals surface area contributed by atoms with Crippen LogP contribution in [-0.2, 0) is 12.8 Å². The van der Waals surface area contributed by atoms with Crippen LogP contribution in [0.1, 0.15) is 17.0 Å². The number of nitrogen functional groups attached to an aromatic ring is 1. The number of aromatic nitrogens is 1. The number of nitrogens with zero attached hydrogens (tertiary/aromatic N) is 1. The number of anilines is 1. The summed E-state index contributed by atoms with van der Waals surface area (Å²) in [5, 5.41) is 0. The molecule has 3 nitrogen and oxygen atoms in total. The number of hydrogen-bond donors (Lipinski definition) is 1. The number of fused-ring (bicyclic) bond motifs is 1. The Balaban J connectivity index is 1.85. The van der Waals surface area contributed by atoms with Gasteiger partial charge < -0.3 is 10.2 Å². The molecule has 1 heterocycles. The van der Waals surface area contributed by atoms with Crippen LogP contribution in [0.2, 0.25) is 0 Å². The largest absolute Gasteiger partial charge is 0.439 e. The second kappa shape index (κ2) is 4.96. The Morgan fingerprint density at radius 1 is 1.20 bits per heavy atom. The molecule has 0 fully saturated rings. The van der Waals surface area contributed by atoms with Crippen molar-refractivity contribution in [3.05, 3.63) is 59.2 Å². The van der Waals surface area contributed by atoms with E-state index in [-0.39, 0.29) is 5.69 Å². The minimum Gasteiger partial charge on any atom is -0.439 e. The first-order valence-corrected chi connectivity index (χ1v) is 6.52. The molecular weight excluding hydrogens is 255 g/mol. The average molecular weight is 270 g/mol. The summed E-state index contributed by atoms with van der Waals surface area (Å²) in [5.41, 5.74) is 9.46. The predicted molar refractivity (Wildman–Crippen MR) is 77.0 cm³/mol. The maximum Gasteiger partial charge on any atom is 0.195 e. The molecule has 0 atom stereocenters. The van der Waals surface area contributed by atoms with Gasteiger partial charge in [0.15, 0.2) is 11.5 Å². The summed E-state index contributed by atoms with van der Waals surface area (Å²) in [6.07, 6.45) is 1.50. The van der Waals surface area contributed by atoms with E-state index in [0.29, 0.717) is 23.4 Å². The van der Waals surface area contributed by atoms with Gasteiger partial charge in [0.2, 0.25) is 0 Å². The highest BCUT2D eigenvalue weighted by atomic mass is 19.1. The Morgan fingerprint density at radius 2 is 2.00 bits per heavy atom. The van der Waals surface area contributed by atoms with E-state index < -0.39 is 5.82 Å². The molecule has 2 aromatic carbocycles. The Labute approximate surface area is 116 Å². The predicted octanol–water partition coefficient (Wildman–Crippen LogP) is 3.64. The molecule has 2 N–H and O–H groups in total. The molecular formula is C16H15FN2O. The van der Waals surface area contributed by atoms with Crippen molar-refractivity contribution < 1.29 is 8.81 Å². The highest BCUT2D eigenvalue weighted by Gasteiger charge is 2.10. The van der Waals surface area contributed by atoms with Gasteiger partial charge in [-0.25, -0.2) is 9.37 Å². The molecule has 0 aliphatic carbocycles. The van der Waals surface area contributed by atoms with Crippen molar-refractivity contribution in [1.82, 2.24) is 4.98 Å². The number of hydrogen-bond acceptors (Lipinski definition) is 3. The van der Waals surface area contributed by atoms with Gasteiger partial charge in [-0.3, -0.25) is 0 Å². The van der Waals surface area contributed by atoms with E-state index in [9.17, 15) is 4.39 Å². The molecule has 3 rings (SSSR count). The third kappa shape index (κ3) is 2.37. The Kier molecular flexibility index (Phi) is 3.14. The van der Waals surface area contributed by atoms with Crippen molar-refractivity contribution in [1.29, 1.82) is 0 Å². The highest BCUT2D eigenvalue weighted by Crippen LogP contribution is 2.24. The molecule has 4 heteroatoms. The molecule has 0 unspecified atom stereocenters. The standard InChI is InChI=1S/C16H15FN2O/c1-10-4-2-3-5-11(10)6-7-15-19-14-9-12(17)8-13(18)16(14)20-15/h2-5,8-9H,6-7,18H2,1H3. The molecule has 0 amide bonds. The van der Waals surface area contributed by atoms with Gasteiger partial charge in [0.05, 0.1) is 5.69 Å². The third-order valence-electron chi connectivity index (χ3n) is 3.40. The lowest BCUT2D eigenvalue weighted by atomic mass is 10.0. The van der Waals surface area contributed by atoms with Crippen LogP contribution >= 0.6 is 0 Å². The van der Waals surface area contributed by atoms with Crippen LogP contribution in [0.15, 0.2) is 40.8 Å². The van der Waals surface area contributed by atoms with Crippen molar-refractivity contribution in [2.75, 3.05) is 5.73 Å². The first kappa shape index (κ1) is 12.7. The molecule has 0 saturated heterocycles. The maximum atomic E-state index is 13.2. The van der Waals surface area contributed by atoms with E-state index in [1.54, 1.807) is 0 Å². The zero-order valence-electron chi connectivity index (χ0n) is 11.2. The summed E-state index contributed by atoms with van der Waals surface area (Å²) in [7, 11) is 0. The summed E-state index contributed by atoms with van der Waals surface area (Å²) in [6, 6.07) is 10.8. The van der Waals surface area contributed by atoms with E-state index in [1.165, 1.54) is 23.3 Å². The molecule has 0 aliphatic heterocycles. The SMILES string of the molecule is Cc1ccccc1CCc1nc2cc(F)cc(N)c2o1. The van der Waals surface area contributed by atoms with Gasteiger partial charge in [-0.15, -0.1) is 0 Å². The smallest absolute Gasteiger partial charge is 0.195 e. The fraction of sp³-hybridized carbons (Fsp3) is 0.188. The van der Waals surface area contributed by atoms with Crippen LogP contribution in [0.3, 0.4) is 0 Å². The van der Waals surface area contributed by atoms with Crippen molar-refractivity contribution in [2.24, 2.45) is 0 Å². The molecule has 0 radical (unpaired) electrons. The Bertz CT molecular complexity index is 764. The summed E-state index contributed by atoms with van der Waals surface area (Å²) in [4.78, 5) is 4.29. The normalized spacial score (nSPS) is 11.1. The van der Waals surface area contributed by atoms with E-state index in [0.717, 1.165) is 6.42 Å². The first-order chi connectivity index (χ1) is 9.63. The van der Waals surface area contributed by atoms with Gasteiger partial charge in [0, 0.05) is 18.6 Å². The fourth-order valence-electron chi connectivity index (χ4n) is 2.31. The summed E-state index contributed by atoms with van der Waals surface area (Å²) in [6.45, 7) is 2.08. The van der Waals surface area contributed by atoms with E-state index in [2.05, 4.69) is 24.0 Å². The molecule has 1 aromatic heterocycles. The number of rotatable bonds is 3. The lowest BCUT2D eigenvalue weighted by molar-refractivity contribution is 0.528. The number of nitrogens with two attached hydrogens (primary N) is 1. The zero-order valence-corrected chi connectivity index (χ0v) is 11.2. The second-order valence-corrected chi connectivity index (χ2v) is 4.88. The molecule has 102 valence electrons. The topological polar surface area (TPSA) is 52.0 Å².